The van der Waals surface area contributed by atoms with Crippen molar-refractivity contribution in [3.63, 3.8) is 0 Å². The van der Waals surface area contributed by atoms with Crippen molar-refractivity contribution in [1.29, 1.82) is 0 Å². The van der Waals surface area contributed by atoms with Crippen molar-refractivity contribution in [2.24, 2.45) is 5.10 Å². The number of aromatic amines is 2. The molecule has 0 radical (unpaired) electrons. The molecule has 6 atom stereocenters. The molecule has 1 amide bonds. The second kappa shape index (κ2) is 16.1. The number of fused-ring (bicyclic) bond motifs is 2. The Balaban J connectivity index is 1.38. The second-order valence-corrected chi connectivity index (χ2v) is 15.1. The van der Waals surface area contributed by atoms with E-state index in [0.717, 1.165) is 0 Å². The van der Waals surface area contributed by atoms with Crippen molar-refractivity contribution in [1.82, 2.24) is 24.8 Å². The van der Waals surface area contributed by atoms with Gasteiger partial charge in [-0.15, -0.1) is 46.4 Å². The van der Waals surface area contributed by atoms with E-state index in [1.165, 1.54) is 40.1 Å². The predicted octanol–water partition coefficient (Wildman–Crippen LogP) is 3.59. The average molecular weight is 810 g/mol. The normalized spacial score (nSPS) is 25.0. The number of rotatable bonds is 9. The van der Waals surface area contributed by atoms with Crippen LogP contribution in [0.1, 0.15) is 95.1 Å². The molecule has 282 valence electrons. The third kappa shape index (κ3) is 7.51. The zero-order valence-electron chi connectivity index (χ0n) is 28.6. The number of pyridine rings is 2. The molecule has 3 aromatic rings. The second-order valence-electron chi connectivity index (χ2n) is 12.8. The molecule has 2 saturated carbocycles. The number of allylic oxidation sites excluding steroid dienone is 3. The van der Waals surface area contributed by atoms with Gasteiger partial charge >= 0.3 is 11.9 Å². The first kappa shape index (κ1) is 38.6. The Morgan fingerprint density at radius 2 is 1.47 bits per heavy atom. The van der Waals surface area contributed by atoms with Gasteiger partial charge < -0.3 is 24.5 Å². The van der Waals surface area contributed by atoms with Crippen LogP contribution in [0.25, 0.3) is 23.2 Å². The number of halogens is 4. The highest BCUT2D eigenvalue weighted by Gasteiger charge is 2.41. The van der Waals surface area contributed by atoms with E-state index in [0.29, 0.717) is 38.5 Å². The molecular weight excluding hydrogens is 774 g/mol. The minimum atomic E-state index is -0.903. The van der Waals surface area contributed by atoms with Crippen molar-refractivity contribution in [3.8, 4) is 5.88 Å². The molecule has 3 aromatic heterocycles. The molecule has 6 rings (SSSR count). The van der Waals surface area contributed by atoms with Crippen molar-refractivity contribution < 1.29 is 29.0 Å². The van der Waals surface area contributed by atoms with Gasteiger partial charge in [-0.1, -0.05) is 18.2 Å². The summed E-state index contributed by atoms with van der Waals surface area (Å²) in [6, 6.07) is -1.11. The van der Waals surface area contributed by atoms with Gasteiger partial charge in [0.2, 0.25) is 0 Å². The molecule has 53 heavy (non-hydrogen) atoms. The van der Waals surface area contributed by atoms with Gasteiger partial charge in [-0.2, -0.15) is 10.2 Å². The average Bonchev–Trinajstić information content (AvgIpc) is 3.61. The molecular formula is C35H35Cl4N6O8-. The quantitative estimate of drug-likeness (QED) is 0.185. The van der Waals surface area contributed by atoms with Crippen molar-refractivity contribution in [3.05, 3.63) is 71.9 Å². The zero-order chi connectivity index (χ0) is 38.1. The Kier molecular flexibility index (Phi) is 11.7. The number of alkyl halides is 4. The van der Waals surface area contributed by atoms with Gasteiger partial charge in [-0.3, -0.25) is 19.1 Å². The Morgan fingerprint density at radius 3 is 2.13 bits per heavy atom. The number of H-pyrrole nitrogens is 2. The standard InChI is InChI=1S/C35H36Cl4N6O8/c1-3-52-34(50)24-18(30(46)40-28-26(24)32(48)44(42-28)22-14-16(36)10-12-20(22)38)8-6-5-7-9-19-25(35(51)53-4-2)27-29(41-31(19)47)43-45(33(27)49)23-15-17(37)11-13-21(23)39/h5-9,16-17,20-23,48H,3-4,10-15H2,1-2H3,(H,40,42,46)(H,41,43,47)/p-1/b7-5+,8-6+,19-9+. The summed E-state index contributed by atoms with van der Waals surface area (Å²) in [6.07, 6.45) is 10.00. The number of carbonyl (C=O) groups excluding carboxylic acids is 3. The van der Waals surface area contributed by atoms with E-state index in [1.54, 1.807) is 13.8 Å². The van der Waals surface area contributed by atoms with Gasteiger partial charge in [0.1, 0.15) is 5.56 Å². The van der Waals surface area contributed by atoms with Crippen LogP contribution in [0.15, 0.2) is 32.9 Å². The predicted molar refractivity (Wildman–Crippen MR) is 197 cm³/mol. The summed E-state index contributed by atoms with van der Waals surface area (Å²) in [7, 11) is 0. The summed E-state index contributed by atoms with van der Waals surface area (Å²) < 4.78 is 11.6. The largest absolute Gasteiger partial charge is 0.858 e. The Morgan fingerprint density at radius 1 is 0.849 bits per heavy atom. The molecule has 14 nitrogen and oxygen atoms in total. The molecule has 0 bridgehead atoms. The number of hydrogen-bond donors (Lipinski definition) is 2. The van der Waals surface area contributed by atoms with Crippen molar-refractivity contribution >= 4 is 87.4 Å². The van der Waals surface area contributed by atoms with Crippen LogP contribution < -0.4 is 26.9 Å². The van der Waals surface area contributed by atoms with Gasteiger partial charge in [-0.05, 0) is 70.4 Å². The van der Waals surface area contributed by atoms with E-state index in [-0.39, 0.29) is 68.0 Å². The maximum absolute atomic E-state index is 13.7. The summed E-state index contributed by atoms with van der Waals surface area (Å²) in [6.45, 7) is 3.12. The Labute approximate surface area is 322 Å². The van der Waals surface area contributed by atoms with E-state index in [1.807, 2.05) is 0 Å². The summed E-state index contributed by atoms with van der Waals surface area (Å²) in [4.78, 5) is 72.0. The minimum Gasteiger partial charge on any atom is -0.858 e. The molecule has 2 fully saturated rings. The van der Waals surface area contributed by atoms with E-state index < -0.39 is 57.7 Å². The van der Waals surface area contributed by atoms with Crippen LogP contribution in [0.3, 0.4) is 0 Å². The van der Waals surface area contributed by atoms with Gasteiger partial charge in [0.05, 0.1) is 58.0 Å². The number of esters is 2. The summed E-state index contributed by atoms with van der Waals surface area (Å²) in [5.74, 6) is -3.07. The maximum atomic E-state index is 13.7. The highest BCUT2D eigenvalue weighted by atomic mass is 35.5. The highest BCUT2D eigenvalue weighted by molar-refractivity contribution is 6.23. The summed E-state index contributed by atoms with van der Waals surface area (Å²) >= 11 is 25.8. The van der Waals surface area contributed by atoms with E-state index in [2.05, 4.69) is 20.2 Å². The zero-order valence-corrected chi connectivity index (χ0v) is 31.6. The lowest BCUT2D eigenvalue weighted by molar-refractivity contribution is -0.278. The van der Waals surface area contributed by atoms with Crippen LogP contribution in [0.4, 0.5) is 0 Å². The SMILES string of the molecule is CCOC(=O)c1c2c([nH]c(=O)/c1=C/C=C/C=C/c1c(C(=O)OCC)c3c([O-])n(C4CC(Cl)CCC4Cl)nc3[nH]c1=O)=NN(C1CC(Cl)CCC1Cl)C2=O. The van der Waals surface area contributed by atoms with Crippen LogP contribution in [-0.4, -0.2) is 83.4 Å². The lowest BCUT2D eigenvalue weighted by Gasteiger charge is -2.34. The summed E-state index contributed by atoms with van der Waals surface area (Å²) in [5, 5.41) is 21.9. The molecule has 0 spiro atoms. The molecule has 0 aromatic carbocycles. The highest BCUT2D eigenvalue weighted by Crippen LogP contribution is 2.39. The molecule has 4 heterocycles. The molecule has 2 N–H and O–H groups in total. The number of carbonyl (C=O) groups is 3. The fourth-order valence-corrected chi connectivity index (χ4v) is 8.19. The van der Waals surface area contributed by atoms with Crippen molar-refractivity contribution in [2.45, 2.75) is 86.0 Å². The number of nitrogens with zero attached hydrogens (tertiary/aromatic N) is 4. The van der Waals surface area contributed by atoms with E-state index in [9.17, 15) is 29.1 Å². The summed E-state index contributed by atoms with van der Waals surface area (Å²) in [5.41, 5.74) is -2.49. The van der Waals surface area contributed by atoms with Gasteiger partial charge in [0, 0.05) is 16.1 Å². The molecule has 18 heteroatoms. The molecule has 0 saturated heterocycles. The van der Waals surface area contributed by atoms with Crippen LogP contribution in [-0.2, 0) is 9.47 Å². The maximum Gasteiger partial charge on any atom is 0.339 e. The third-order valence-electron chi connectivity index (χ3n) is 9.40. The Hall–Kier alpha value is -4.11. The molecule has 3 aliphatic rings. The number of amides is 1. The molecule has 1 aliphatic heterocycles. The minimum absolute atomic E-state index is 0.0280. The first-order chi connectivity index (χ1) is 25.4. The topological polar surface area (TPSA) is 192 Å². The number of ether oxygens (including phenoxy) is 2. The van der Waals surface area contributed by atoms with Crippen molar-refractivity contribution in [2.75, 3.05) is 13.2 Å². The van der Waals surface area contributed by atoms with E-state index in [4.69, 9.17) is 55.9 Å². The number of hydrogen-bond acceptors (Lipinski definition) is 10. The first-order valence-corrected chi connectivity index (χ1v) is 18.9. The van der Waals surface area contributed by atoms with Crippen LogP contribution >= 0.6 is 46.4 Å². The Bertz CT molecular complexity index is 2270. The fourth-order valence-electron chi connectivity index (χ4n) is 6.90. The number of nitrogens with one attached hydrogen (secondary N) is 2. The van der Waals surface area contributed by atoms with Crippen LogP contribution in [0, 0.1) is 0 Å². The smallest absolute Gasteiger partial charge is 0.339 e. The monoisotopic (exact) mass is 807 g/mol. The molecule has 2 aliphatic carbocycles. The lowest BCUT2D eigenvalue weighted by atomic mass is 9.93. The van der Waals surface area contributed by atoms with Crippen LogP contribution in [0.2, 0.25) is 0 Å². The van der Waals surface area contributed by atoms with Gasteiger partial charge in [0.25, 0.3) is 17.0 Å². The van der Waals surface area contributed by atoms with E-state index >= 15 is 0 Å². The lowest BCUT2D eigenvalue weighted by Crippen LogP contribution is -2.45. The van der Waals surface area contributed by atoms with Gasteiger partial charge in [0.15, 0.2) is 11.1 Å². The van der Waals surface area contributed by atoms with Gasteiger partial charge in [-0.25, -0.2) is 14.6 Å². The fraction of sp³-hybridized carbons (Fsp3) is 0.457. The first-order valence-electron chi connectivity index (χ1n) is 17.2. The number of aromatic nitrogens is 4. The third-order valence-corrected chi connectivity index (χ3v) is 11.2. The molecule has 6 unspecified atom stereocenters. The van der Waals surface area contributed by atoms with Crippen LogP contribution in [0.5, 0.6) is 5.88 Å².